The standard InChI is InChI=1S/C24H22BrClN2OS/c25-20-15-13-18(14-16-20)22(12-7-17-26)27-28-24(29)23(19-8-3-1-4-9-19)30-21-10-5-2-6-11-21/h1-6,8-11,13-16,23H,7,12,17H2,(H,28,29)/b27-22-/t23-/m1/s1. The molecule has 1 amide bonds. The number of rotatable bonds is 9. The number of benzene rings is 3. The molecule has 0 fully saturated rings. The highest BCUT2D eigenvalue weighted by Gasteiger charge is 2.22. The van der Waals surface area contributed by atoms with Gasteiger partial charge in [0.15, 0.2) is 0 Å². The van der Waals surface area contributed by atoms with Gasteiger partial charge in [-0.3, -0.25) is 4.79 Å². The molecule has 0 spiro atoms. The zero-order chi connectivity index (χ0) is 21.2. The summed E-state index contributed by atoms with van der Waals surface area (Å²) in [5, 5.41) is 4.07. The number of halogens is 2. The summed E-state index contributed by atoms with van der Waals surface area (Å²) in [5.74, 6) is 0.385. The summed E-state index contributed by atoms with van der Waals surface area (Å²) >= 11 is 10.8. The van der Waals surface area contributed by atoms with Gasteiger partial charge in [-0.1, -0.05) is 76.6 Å². The Bertz CT molecular complexity index is 966. The van der Waals surface area contributed by atoms with Gasteiger partial charge in [0.2, 0.25) is 0 Å². The van der Waals surface area contributed by atoms with E-state index >= 15 is 0 Å². The first-order chi connectivity index (χ1) is 14.7. The van der Waals surface area contributed by atoms with Crippen LogP contribution in [0.2, 0.25) is 0 Å². The van der Waals surface area contributed by atoms with Crippen LogP contribution in [0.5, 0.6) is 0 Å². The van der Waals surface area contributed by atoms with Crippen LogP contribution in [-0.2, 0) is 4.79 Å². The molecule has 6 heteroatoms. The monoisotopic (exact) mass is 500 g/mol. The van der Waals surface area contributed by atoms with Crippen LogP contribution in [0.15, 0.2) is 99.4 Å². The van der Waals surface area contributed by atoms with Crippen molar-refractivity contribution < 1.29 is 4.79 Å². The van der Waals surface area contributed by atoms with E-state index in [9.17, 15) is 4.79 Å². The number of carbonyl (C=O) groups is 1. The maximum Gasteiger partial charge on any atom is 0.258 e. The second-order valence-electron chi connectivity index (χ2n) is 6.56. The number of nitrogens with zero attached hydrogens (tertiary/aromatic N) is 1. The van der Waals surface area contributed by atoms with Crippen LogP contribution in [-0.4, -0.2) is 17.5 Å². The van der Waals surface area contributed by atoms with Crippen LogP contribution in [0.4, 0.5) is 0 Å². The minimum Gasteiger partial charge on any atom is -0.271 e. The Kier molecular flexibility index (Phi) is 9.00. The molecule has 1 N–H and O–H groups in total. The number of nitrogens with one attached hydrogen (secondary N) is 1. The molecule has 3 aromatic carbocycles. The Morgan fingerprint density at radius 1 is 0.967 bits per heavy atom. The summed E-state index contributed by atoms with van der Waals surface area (Å²) in [4.78, 5) is 14.2. The lowest BCUT2D eigenvalue weighted by Crippen LogP contribution is -2.25. The van der Waals surface area contributed by atoms with Gasteiger partial charge in [-0.25, -0.2) is 5.43 Å². The van der Waals surface area contributed by atoms with Crippen LogP contribution in [0.3, 0.4) is 0 Å². The quantitative estimate of drug-likeness (QED) is 0.151. The third-order valence-electron chi connectivity index (χ3n) is 4.36. The van der Waals surface area contributed by atoms with Gasteiger partial charge < -0.3 is 0 Å². The molecule has 0 aliphatic rings. The molecule has 0 aliphatic carbocycles. The molecular formula is C24H22BrClN2OS. The first kappa shape index (κ1) is 22.6. The van der Waals surface area contributed by atoms with Crippen molar-refractivity contribution in [2.75, 3.05) is 5.88 Å². The predicted octanol–water partition coefficient (Wildman–Crippen LogP) is 6.82. The van der Waals surface area contributed by atoms with Gasteiger partial charge in [-0.15, -0.1) is 23.4 Å². The highest BCUT2D eigenvalue weighted by Crippen LogP contribution is 2.35. The van der Waals surface area contributed by atoms with Crippen LogP contribution >= 0.6 is 39.3 Å². The molecule has 3 rings (SSSR count). The van der Waals surface area contributed by atoms with Crippen LogP contribution in [0.25, 0.3) is 0 Å². The van der Waals surface area contributed by atoms with Crippen molar-refractivity contribution in [3.63, 3.8) is 0 Å². The van der Waals surface area contributed by atoms with Gasteiger partial charge in [0.25, 0.3) is 5.91 Å². The molecule has 3 nitrogen and oxygen atoms in total. The number of hydrogen-bond donors (Lipinski definition) is 1. The topological polar surface area (TPSA) is 41.5 Å². The average molecular weight is 502 g/mol. The Morgan fingerprint density at radius 2 is 1.60 bits per heavy atom. The first-order valence-corrected chi connectivity index (χ1v) is 11.8. The Balaban J connectivity index is 1.82. The van der Waals surface area contributed by atoms with Crippen LogP contribution < -0.4 is 5.43 Å². The van der Waals surface area contributed by atoms with E-state index in [4.69, 9.17) is 11.6 Å². The third kappa shape index (κ3) is 6.73. The molecule has 0 aromatic heterocycles. The number of thioether (sulfide) groups is 1. The highest BCUT2D eigenvalue weighted by atomic mass is 79.9. The van der Waals surface area contributed by atoms with E-state index in [1.165, 1.54) is 11.8 Å². The summed E-state index contributed by atoms with van der Waals surface area (Å²) in [6.45, 7) is 0. The Morgan fingerprint density at radius 3 is 2.23 bits per heavy atom. The molecule has 0 saturated carbocycles. The minimum atomic E-state index is -0.406. The van der Waals surface area contributed by atoms with Gasteiger partial charge in [-0.05, 0) is 48.2 Å². The smallest absolute Gasteiger partial charge is 0.258 e. The molecule has 3 aromatic rings. The van der Waals surface area contributed by atoms with E-state index in [1.54, 1.807) is 0 Å². The van der Waals surface area contributed by atoms with E-state index in [-0.39, 0.29) is 5.91 Å². The molecule has 0 radical (unpaired) electrons. The van der Waals surface area contributed by atoms with Crippen molar-refractivity contribution >= 4 is 50.9 Å². The van der Waals surface area contributed by atoms with E-state index in [0.29, 0.717) is 12.3 Å². The first-order valence-electron chi connectivity index (χ1n) is 9.62. The van der Waals surface area contributed by atoms with Gasteiger partial charge in [0.1, 0.15) is 5.25 Å². The second-order valence-corrected chi connectivity index (χ2v) is 9.03. The zero-order valence-corrected chi connectivity index (χ0v) is 19.5. The SMILES string of the molecule is O=C(N/N=C(/CCCCl)c1ccc(Br)cc1)[C@H](Sc1ccccc1)c1ccccc1. The maximum atomic E-state index is 13.1. The summed E-state index contributed by atoms with van der Waals surface area (Å²) in [6.07, 6.45) is 1.47. The molecule has 0 aliphatic heterocycles. The summed E-state index contributed by atoms with van der Waals surface area (Å²) in [7, 11) is 0. The average Bonchev–Trinajstić information content (AvgIpc) is 2.79. The number of alkyl halides is 1. The van der Waals surface area contributed by atoms with E-state index < -0.39 is 5.25 Å². The van der Waals surface area contributed by atoms with Crippen molar-refractivity contribution in [3.05, 3.63) is 101 Å². The Hall–Kier alpha value is -2.08. The number of carbonyl (C=O) groups excluding carboxylic acids is 1. The largest absolute Gasteiger partial charge is 0.271 e. The van der Waals surface area contributed by atoms with Crippen molar-refractivity contribution in [1.82, 2.24) is 5.43 Å². The Labute approximate surface area is 195 Å². The summed E-state index contributed by atoms with van der Waals surface area (Å²) in [5.41, 5.74) is 5.51. The molecule has 30 heavy (non-hydrogen) atoms. The lowest BCUT2D eigenvalue weighted by atomic mass is 10.1. The number of hydrogen-bond acceptors (Lipinski definition) is 3. The van der Waals surface area contributed by atoms with Gasteiger partial charge >= 0.3 is 0 Å². The number of hydrazone groups is 1. The van der Waals surface area contributed by atoms with Crippen LogP contribution in [0, 0.1) is 0 Å². The molecule has 0 bridgehead atoms. The second kappa shape index (κ2) is 11.9. The molecule has 0 saturated heterocycles. The zero-order valence-electron chi connectivity index (χ0n) is 16.3. The summed E-state index contributed by atoms with van der Waals surface area (Å²) < 4.78 is 0.996. The van der Waals surface area contributed by atoms with Crippen molar-refractivity contribution in [2.24, 2.45) is 5.10 Å². The maximum absolute atomic E-state index is 13.1. The summed E-state index contributed by atoms with van der Waals surface area (Å²) in [6, 6.07) is 27.6. The minimum absolute atomic E-state index is 0.157. The fourth-order valence-corrected chi connectivity index (χ4v) is 4.30. The van der Waals surface area contributed by atoms with Crippen molar-refractivity contribution in [3.8, 4) is 0 Å². The van der Waals surface area contributed by atoms with Gasteiger partial charge in [0.05, 0.1) is 5.71 Å². The normalized spacial score (nSPS) is 12.4. The highest BCUT2D eigenvalue weighted by molar-refractivity contribution is 9.10. The van der Waals surface area contributed by atoms with E-state index in [0.717, 1.165) is 32.6 Å². The molecule has 0 unspecified atom stereocenters. The molecule has 154 valence electrons. The van der Waals surface area contributed by atoms with E-state index in [1.807, 2.05) is 84.9 Å². The lowest BCUT2D eigenvalue weighted by Gasteiger charge is -2.16. The fourth-order valence-electron chi connectivity index (χ4n) is 2.86. The van der Waals surface area contributed by atoms with Crippen molar-refractivity contribution in [1.29, 1.82) is 0 Å². The van der Waals surface area contributed by atoms with Crippen LogP contribution in [0.1, 0.15) is 29.2 Å². The number of amides is 1. The van der Waals surface area contributed by atoms with E-state index in [2.05, 4.69) is 26.5 Å². The molecular weight excluding hydrogens is 480 g/mol. The fraction of sp³-hybridized carbons (Fsp3) is 0.167. The molecule has 0 heterocycles. The predicted molar refractivity (Wildman–Crippen MR) is 130 cm³/mol. The third-order valence-corrected chi connectivity index (χ3v) is 6.43. The van der Waals surface area contributed by atoms with Gasteiger partial charge in [0, 0.05) is 15.2 Å². The lowest BCUT2D eigenvalue weighted by molar-refractivity contribution is -0.120. The molecule has 1 atom stereocenters. The van der Waals surface area contributed by atoms with Gasteiger partial charge in [-0.2, -0.15) is 5.10 Å². The van der Waals surface area contributed by atoms with Crippen molar-refractivity contribution in [2.45, 2.75) is 23.0 Å².